The Labute approximate surface area is 204 Å². The van der Waals surface area contributed by atoms with E-state index in [1.807, 2.05) is 29.0 Å². The van der Waals surface area contributed by atoms with E-state index in [0.29, 0.717) is 23.5 Å². The molecule has 3 aromatic rings. The van der Waals surface area contributed by atoms with E-state index in [4.69, 9.17) is 4.74 Å². The van der Waals surface area contributed by atoms with Crippen LogP contribution in [0.2, 0.25) is 0 Å². The van der Waals surface area contributed by atoms with Crippen LogP contribution in [0.3, 0.4) is 0 Å². The average molecular weight is 504 g/mol. The van der Waals surface area contributed by atoms with Crippen LogP contribution in [-0.2, 0) is 17.5 Å². The van der Waals surface area contributed by atoms with Crippen LogP contribution in [0.15, 0.2) is 58.9 Å². The lowest BCUT2D eigenvalue weighted by atomic mass is 10.1. The second-order valence-electron chi connectivity index (χ2n) is 8.28. The fraction of sp³-hybridized carbons (Fsp3) is 0.320. The van der Waals surface area contributed by atoms with Crippen LogP contribution in [0.25, 0.3) is 0 Å². The van der Waals surface area contributed by atoms with Crippen LogP contribution in [-0.4, -0.2) is 35.6 Å². The highest BCUT2D eigenvalue weighted by atomic mass is 32.1. The van der Waals surface area contributed by atoms with Crippen LogP contribution in [0.5, 0.6) is 0 Å². The summed E-state index contributed by atoms with van der Waals surface area (Å²) < 4.78 is 46.3. The number of ether oxygens (including phenoxy) is 1. The number of carbonyl (C=O) groups is 2. The molecule has 6 nitrogen and oxygen atoms in total. The number of benzene rings is 2. The van der Waals surface area contributed by atoms with E-state index in [9.17, 15) is 22.8 Å². The van der Waals surface area contributed by atoms with Gasteiger partial charge in [-0.05, 0) is 55.7 Å². The average Bonchev–Trinajstić information content (AvgIpc) is 3.48. The van der Waals surface area contributed by atoms with Crippen molar-refractivity contribution in [1.29, 1.82) is 0 Å². The summed E-state index contributed by atoms with van der Waals surface area (Å²) in [4.78, 5) is 29.4. The quantitative estimate of drug-likeness (QED) is 0.536. The highest BCUT2D eigenvalue weighted by molar-refractivity contribution is 7.07. The summed E-state index contributed by atoms with van der Waals surface area (Å²) in [5.74, 6) is -0.918. The van der Waals surface area contributed by atoms with Gasteiger partial charge >= 0.3 is 6.18 Å². The molecule has 1 aromatic heterocycles. The van der Waals surface area contributed by atoms with Gasteiger partial charge in [0.2, 0.25) is 0 Å². The van der Waals surface area contributed by atoms with Gasteiger partial charge in [-0.2, -0.15) is 18.2 Å². The Bertz CT molecular complexity index is 1270. The van der Waals surface area contributed by atoms with Gasteiger partial charge in [0.25, 0.3) is 11.8 Å². The van der Waals surface area contributed by atoms with E-state index in [-0.39, 0.29) is 17.6 Å². The van der Waals surface area contributed by atoms with Crippen molar-refractivity contribution in [2.75, 3.05) is 13.2 Å². The van der Waals surface area contributed by atoms with Crippen molar-refractivity contribution in [3.8, 4) is 0 Å². The molecule has 2 amide bonds. The lowest BCUT2D eigenvalue weighted by Crippen LogP contribution is -2.31. The second-order valence-corrected chi connectivity index (χ2v) is 9.12. The number of aryl methyl sites for hydroxylation is 1. The summed E-state index contributed by atoms with van der Waals surface area (Å²) >= 11 is 1.23. The molecule has 35 heavy (non-hydrogen) atoms. The third kappa shape index (κ3) is 6.26. The molecule has 0 aliphatic carbocycles. The smallest absolute Gasteiger partial charge is 0.376 e. The third-order valence-corrected chi connectivity index (χ3v) is 6.68. The molecule has 0 unspecified atom stereocenters. The Hall–Kier alpha value is -3.24. The predicted octanol–water partition coefficient (Wildman–Crippen LogP) is 4.58. The summed E-state index contributed by atoms with van der Waals surface area (Å²) in [7, 11) is 0. The molecule has 4 rings (SSSR count). The maximum Gasteiger partial charge on any atom is 0.416 e. The lowest BCUT2D eigenvalue weighted by Gasteiger charge is -2.11. The molecule has 0 radical (unpaired) electrons. The van der Waals surface area contributed by atoms with E-state index in [1.165, 1.54) is 23.5 Å². The van der Waals surface area contributed by atoms with Crippen molar-refractivity contribution in [2.45, 2.75) is 38.6 Å². The Morgan fingerprint density at radius 3 is 2.63 bits per heavy atom. The summed E-state index contributed by atoms with van der Waals surface area (Å²) in [5, 5.41) is 4.71. The molecule has 1 fully saturated rings. The van der Waals surface area contributed by atoms with E-state index < -0.39 is 17.6 Å². The highest BCUT2D eigenvalue weighted by Crippen LogP contribution is 2.29. The number of carbonyl (C=O) groups excluding carboxylic acids is 2. The Balaban J connectivity index is 1.47. The Morgan fingerprint density at radius 2 is 1.94 bits per heavy atom. The first-order valence-electron chi connectivity index (χ1n) is 11.1. The van der Waals surface area contributed by atoms with Crippen molar-refractivity contribution in [2.24, 2.45) is 4.99 Å². The number of nitrogens with zero attached hydrogens (tertiary/aromatic N) is 2. The van der Waals surface area contributed by atoms with Crippen molar-refractivity contribution < 1.29 is 27.5 Å². The molecule has 0 spiro atoms. The van der Waals surface area contributed by atoms with Gasteiger partial charge in [0.15, 0.2) is 4.80 Å². The van der Waals surface area contributed by atoms with Gasteiger partial charge in [-0.3, -0.25) is 9.59 Å². The fourth-order valence-corrected chi connectivity index (χ4v) is 4.61. The van der Waals surface area contributed by atoms with Crippen LogP contribution < -0.4 is 10.1 Å². The van der Waals surface area contributed by atoms with E-state index in [1.54, 1.807) is 12.1 Å². The molecule has 2 aromatic carbocycles. The molecule has 1 aliphatic heterocycles. The van der Waals surface area contributed by atoms with Crippen molar-refractivity contribution in [1.82, 2.24) is 9.88 Å². The largest absolute Gasteiger partial charge is 0.416 e. The number of amides is 2. The number of thiazole rings is 1. The number of hydrogen-bond donors (Lipinski definition) is 1. The molecule has 0 saturated carbocycles. The van der Waals surface area contributed by atoms with Gasteiger partial charge in [-0.1, -0.05) is 18.2 Å². The number of rotatable bonds is 6. The lowest BCUT2D eigenvalue weighted by molar-refractivity contribution is -0.137. The molecule has 1 atom stereocenters. The topological polar surface area (TPSA) is 72.7 Å². The van der Waals surface area contributed by atoms with Gasteiger partial charge in [0.05, 0.1) is 18.2 Å². The summed E-state index contributed by atoms with van der Waals surface area (Å²) in [6.07, 6.45) is -2.52. The maximum atomic E-state index is 13.0. The highest BCUT2D eigenvalue weighted by Gasteiger charge is 2.30. The molecular formula is C25H24F3N3O3S. The SMILES string of the molecule is Cc1csc(=NC(=O)c2cccc(C(F)(F)F)c2)n1Cc1ccc(C(=O)NC[C@H]2CCCO2)cc1. The van der Waals surface area contributed by atoms with Gasteiger partial charge in [-0.15, -0.1) is 11.3 Å². The molecule has 1 N–H and O–H groups in total. The molecule has 10 heteroatoms. The second kappa shape index (κ2) is 10.6. The first kappa shape index (κ1) is 24.9. The standard InChI is InChI=1S/C25H24F3N3O3S/c1-16-15-35-24(30-23(33)19-4-2-5-20(12-19)25(26,27)28)31(16)14-17-7-9-18(10-8-17)22(32)29-13-21-6-3-11-34-21/h2,4-5,7-10,12,15,21H,3,6,11,13-14H2,1H3,(H,29,32)/t21-/m1/s1. The molecule has 2 heterocycles. The normalized spacial score (nSPS) is 16.5. The monoisotopic (exact) mass is 503 g/mol. The van der Waals surface area contributed by atoms with Crippen LogP contribution in [0.1, 0.15) is 50.4 Å². The van der Waals surface area contributed by atoms with Crippen LogP contribution >= 0.6 is 11.3 Å². The first-order valence-corrected chi connectivity index (χ1v) is 12.0. The number of alkyl halides is 3. The minimum absolute atomic E-state index is 0.0667. The van der Waals surface area contributed by atoms with Gasteiger partial charge < -0.3 is 14.6 Å². The number of aromatic nitrogens is 1. The summed E-state index contributed by atoms with van der Waals surface area (Å²) in [6.45, 7) is 3.46. The Kier molecular flexibility index (Phi) is 7.51. The zero-order valence-electron chi connectivity index (χ0n) is 19.0. The van der Waals surface area contributed by atoms with Gasteiger partial charge in [0.1, 0.15) is 0 Å². The van der Waals surface area contributed by atoms with Gasteiger partial charge in [0, 0.05) is 35.4 Å². The molecular weight excluding hydrogens is 479 g/mol. The third-order valence-electron chi connectivity index (χ3n) is 5.70. The number of hydrogen-bond acceptors (Lipinski definition) is 4. The molecule has 1 saturated heterocycles. The van der Waals surface area contributed by atoms with Crippen LogP contribution in [0.4, 0.5) is 13.2 Å². The van der Waals surface area contributed by atoms with Crippen molar-refractivity contribution >= 4 is 23.2 Å². The number of nitrogens with one attached hydrogen (secondary N) is 1. The number of halogens is 3. The summed E-state index contributed by atoms with van der Waals surface area (Å²) in [5.41, 5.74) is 1.24. The van der Waals surface area contributed by atoms with E-state index >= 15 is 0 Å². The Morgan fingerprint density at radius 1 is 1.17 bits per heavy atom. The fourth-order valence-electron chi connectivity index (χ4n) is 3.73. The summed E-state index contributed by atoms with van der Waals surface area (Å²) in [6, 6.07) is 11.3. The van der Waals surface area contributed by atoms with E-state index in [0.717, 1.165) is 42.8 Å². The minimum Gasteiger partial charge on any atom is -0.376 e. The minimum atomic E-state index is -4.54. The van der Waals surface area contributed by atoms with Crippen molar-refractivity contribution in [3.63, 3.8) is 0 Å². The van der Waals surface area contributed by atoms with E-state index in [2.05, 4.69) is 10.3 Å². The first-order chi connectivity index (χ1) is 16.7. The van der Waals surface area contributed by atoms with Crippen molar-refractivity contribution in [3.05, 3.63) is 86.7 Å². The zero-order chi connectivity index (χ0) is 25.0. The predicted molar refractivity (Wildman–Crippen MR) is 125 cm³/mol. The maximum absolute atomic E-state index is 13.0. The van der Waals surface area contributed by atoms with Gasteiger partial charge in [-0.25, -0.2) is 0 Å². The molecule has 0 bridgehead atoms. The zero-order valence-corrected chi connectivity index (χ0v) is 19.8. The van der Waals surface area contributed by atoms with Crippen LogP contribution in [0, 0.1) is 6.92 Å². The molecule has 1 aliphatic rings. The molecule has 184 valence electrons.